The van der Waals surface area contributed by atoms with E-state index < -0.39 is 0 Å². The smallest absolute Gasteiger partial charge is 0.127 e. The highest BCUT2D eigenvalue weighted by molar-refractivity contribution is 5.42. The van der Waals surface area contributed by atoms with Gasteiger partial charge < -0.3 is 10.1 Å². The van der Waals surface area contributed by atoms with Crippen molar-refractivity contribution < 1.29 is 4.74 Å². The largest absolute Gasteiger partial charge is 0.381 e. The molecule has 4 nitrogen and oxygen atoms in total. The Bertz CT molecular complexity index is 360. The summed E-state index contributed by atoms with van der Waals surface area (Å²) in [6, 6.07) is 5.53. The first-order valence-electron chi connectivity index (χ1n) is 6.04. The molecule has 0 fully saturated rings. The van der Waals surface area contributed by atoms with E-state index in [9.17, 15) is 0 Å². The zero-order valence-corrected chi connectivity index (χ0v) is 10.3. The van der Waals surface area contributed by atoms with Crippen LogP contribution in [0.5, 0.6) is 0 Å². The number of nitriles is 1. The molecule has 0 aliphatic rings. The van der Waals surface area contributed by atoms with Gasteiger partial charge in [-0.3, -0.25) is 0 Å². The summed E-state index contributed by atoms with van der Waals surface area (Å²) in [6.45, 7) is 4.58. The summed E-state index contributed by atoms with van der Waals surface area (Å²) in [5.74, 6) is 0.748. The molecule has 0 bridgehead atoms. The third-order valence-corrected chi connectivity index (χ3v) is 2.30. The highest BCUT2D eigenvalue weighted by atomic mass is 16.5. The molecule has 0 spiro atoms. The predicted molar refractivity (Wildman–Crippen MR) is 67.8 cm³/mol. The quantitative estimate of drug-likeness (QED) is 0.701. The van der Waals surface area contributed by atoms with E-state index in [2.05, 4.69) is 23.3 Å². The highest BCUT2D eigenvalue weighted by Crippen LogP contribution is 2.05. The minimum absolute atomic E-state index is 0.627. The van der Waals surface area contributed by atoms with Crippen molar-refractivity contribution >= 4 is 5.82 Å². The standard InChI is InChI=1S/C13H19N3O/c1-2-3-8-17-9-4-6-15-13-10-12(11-14)5-7-16-13/h5,7,10H,2-4,6,8-9H2,1H3,(H,15,16). The Balaban J connectivity index is 2.12. The maximum atomic E-state index is 8.73. The van der Waals surface area contributed by atoms with Crippen molar-refractivity contribution in [1.29, 1.82) is 5.26 Å². The second-order valence-electron chi connectivity index (χ2n) is 3.79. The zero-order chi connectivity index (χ0) is 12.3. The number of unbranched alkanes of at least 4 members (excludes halogenated alkanes) is 1. The fourth-order valence-corrected chi connectivity index (χ4v) is 1.34. The molecular formula is C13H19N3O. The molecule has 1 aromatic heterocycles. The van der Waals surface area contributed by atoms with Gasteiger partial charge in [0, 0.05) is 26.0 Å². The molecule has 1 aromatic rings. The molecule has 0 radical (unpaired) electrons. The molecule has 0 aliphatic carbocycles. The van der Waals surface area contributed by atoms with Crippen LogP contribution in [0.25, 0.3) is 0 Å². The van der Waals surface area contributed by atoms with Crippen molar-refractivity contribution in [2.24, 2.45) is 0 Å². The predicted octanol–water partition coefficient (Wildman–Crippen LogP) is 2.57. The molecular weight excluding hydrogens is 214 g/mol. The number of hydrogen-bond donors (Lipinski definition) is 1. The van der Waals surface area contributed by atoms with Crippen LogP contribution in [0.4, 0.5) is 5.82 Å². The fraction of sp³-hybridized carbons (Fsp3) is 0.538. The van der Waals surface area contributed by atoms with Crippen molar-refractivity contribution in [3.63, 3.8) is 0 Å². The van der Waals surface area contributed by atoms with Gasteiger partial charge in [0.25, 0.3) is 0 Å². The van der Waals surface area contributed by atoms with Gasteiger partial charge in [0.2, 0.25) is 0 Å². The van der Waals surface area contributed by atoms with Gasteiger partial charge in [0.05, 0.1) is 11.6 Å². The summed E-state index contributed by atoms with van der Waals surface area (Å²) in [5, 5.41) is 11.9. The Morgan fingerprint density at radius 1 is 1.41 bits per heavy atom. The summed E-state index contributed by atoms with van der Waals surface area (Å²) < 4.78 is 5.44. The number of nitrogens with zero attached hydrogens (tertiary/aromatic N) is 2. The molecule has 92 valence electrons. The van der Waals surface area contributed by atoms with E-state index in [4.69, 9.17) is 10.00 Å². The number of aromatic nitrogens is 1. The van der Waals surface area contributed by atoms with Crippen LogP contribution in [-0.2, 0) is 4.74 Å². The fourth-order valence-electron chi connectivity index (χ4n) is 1.34. The zero-order valence-electron chi connectivity index (χ0n) is 10.3. The Kier molecular flexibility index (Phi) is 6.76. The lowest BCUT2D eigenvalue weighted by Crippen LogP contribution is -2.07. The second kappa shape index (κ2) is 8.54. The monoisotopic (exact) mass is 233 g/mol. The van der Waals surface area contributed by atoms with E-state index in [-0.39, 0.29) is 0 Å². The van der Waals surface area contributed by atoms with Crippen molar-refractivity contribution in [2.45, 2.75) is 26.2 Å². The van der Waals surface area contributed by atoms with E-state index in [0.717, 1.165) is 38.4 Å². The first-order chi connectivity index (χ1) is 8.36. The van der Waals surface area contributed by atoms with Crippen LogP contribution < -0.4 is 5.32 Å². The van der Waals surface area contributed by atoms with E-state index >= 15 is 0 Å². The van der Waals surface area contributed by atoms with Crippen LogP contribution in [-0.4, -0.2) is 24.7 Å². The van der Waals surface area contributed by atoms with Gasteiger partial charge in [-0.2, -0.15) is 5.26 Å². The summed E-state index contributed by atoms with van der Waals surface area (Å²) in [7, 11) is 0. The molecule has 1 rings (SSSR count). The molecule has 4 heteroatoms. The van der Waals surface area contributed by atoms with Crippen molar-refractivity contribution in [3.05, 3.63) is 23.9 Å². The van der Waals surface area contributed by atoms with E-state index in [1.807, 2.05) is 0 Å². The molecule has 1 heterocycles. The molecule has 0 saturated heterocycles. The first-order valence-corrected chi connectivity index (χ1v) is 6.04. The maximum Gasteiger partial charge on any atom is 0.127 e. The van der Waals surface area contributed by atoms with E-state index in [1.165, 1.54) is 6.42 Å². The second-order valence-corrected chi connectivity index (χ2v) is 3.79. The topological polar surface area (TPSA) is 57.9 Å². The van der Waals surface area contributed by atoms with Crippen LogP contribution >= 0.6 is 0 Å². The number of hydrogen-bond acceptors (Lipinski definition) is 4. The number of ether oxygens (including phenoxy) is 1. The Hall–Kier alpha value is -1.60. The van der Waals surface area contributed by atoms with Gasteiger partial charge in [-0.25, -0.2) is 4.98 Å². The minimum atomic E-state index is 0.627. The van der Waals surface area contributed by atoms with Gasteiger partial charge in [-0.05, 0) is 25.0 Å². The van der Waals surface area contributed by atoms with E-state index in [1.54, 1.807) is 18.3 Å². The number of anilines is 1. The number of nitrogens with one attached hydrogen (secondary N) is 1. The molecule has 0 saturated carbocycles. The van der Waals surface area contributed by atoms with Crippen molar-refractivity contribution in [3.8, 4) is 6.07 Å². The van der Waals surface area contributed by atoms with Gasteiger partial charge in [0.15, 0.2) is 0 Å². The summed E-state index contributed by atoms with van der Waals surface area (Å²) in [4.78, 5) is 4.13. The highest BCUT2D eigenvalue weighted by Gasteiger charge is 1.95. The SMILES string of the molecule is CCCCOCCCNc1cc(C#N)ccn1. The average molecular weight is 233 g/mol. The van der Waals surface area contributed by atoms with Gasteiger partial charge in [0.1, 0.15) is 5.82 Å². The molecule has 17 heavy (non-hydrogen) atoms. The molecule has 0 aliphatic heterocycles. The molecule has 0 atom stereocenters. The van der Waals surface area contributed by atoms with Crippen molar-refractivity contribution in [2.75, 3.05) is 25.1 Å². The van der Waals surface area contributed by atoms with Gasteiger partial charge in [-0.1, -0.05) is 13.3 Å². The first kappa shape index (κ1) is 13.5. The van der Waals surface area contributed by atoms with Gasteiger partial charge in [-0.15, -0.1) is 0 Å². The lowest BCUT2D eigenvalue weighted by molar-refractivity contribution is 0.131. The van der Waals surface area contributed by atoms with Crippen LogP contribution in [0, 0.1) is 11.3 Å². The average Bonchev–Trinajstić information content (AvgIpc) is 2.38. The van der Waals surface area contributed by atoms with Gasteiger partial charge >= 0.3 is 0 Å². The number of rotatable bonds is 8. The minimum Gasteiger partial charge on any atom is -0.381 e. The Morgan fingerprint density at radius 2 is 2.24 bits per heavy atom. The molecule has 1 N–H and O–H groups in total. The summed E-state index contributed by atoms with van der Waals surface area (Å²) in [5.41, 5.74) is 0.627. The third-order valence-electron chi connectivity index (χ3n) is 2.30. The lowest BCUT2D eigenvalue weighted by Gasteiger charge is -2.06. The number of pyridine rings is 1. The lowest BCUT2D eigenvalue weighted by atomic mass is 10.3. The Labute approximate surface area is 103 Å². The molecule has 0 unspecified atom stereocenters. The maximum absolute atomic E-state index is 8.73. The van der Waals surface area contributed by atoms with Crippen LogP contribution in [0.3, 0.4) is 0 Å². The van der Waals surface area contributed by atoms with Crippen LogP contribution in [0.2, 0.25) is 0 Å². The van der Waals surface area contributed by atoms with E-state index in [0.29, 0.717) is 5.56 Å². The normalized spacial score (nSPS) is 9.88. The third kappa shape index (κ3) is 5.88. The summed E-state index contributed by atoms with van der Waals surface area (Å²) in [6.07, 6.45) is 4.88. The van der Waals surface area contributed by atoms with Crippen LogP contribution in [0.15, 0.2) is 18.3 Å². The Morgan fingerprint density at radius 3 is 3.00 bits per heavy atom. The summed E-state index contributed by atoms with van der Waals surface area (Å²) >= 11 is 0. The molecule has 0 amide bonds. The van der Waals surface area contributed by atoms with Crippen molar-refractivity contribution in [1.82, 2.24) is 4.98 Å². The van der Waals surface area contributed by atoms with Crippen LogP contribution in [0.1, 0.15) is 31.7 Å². The molecule has 0 aromatic carbocycles.